The van der Waals surface area contributed by atoms with Crippen molar-refractivity contribution in [3.05, 3.63) is 57.8 Å². The summed E-state index contributed by atoms with van der Waals surface area (Å²) in [5.74, 6) is -5.48. The Morgan fingerprint density at radius 2 is 1.85 bits per heavy atom. The lowest BCUT2D eigenvalue weighted by atomic mass is 10.00. The number of unbranched alkanes of at least 4 members (excludes halogenated alkanes) is 1. The molecular formula is C25H31F2NO4S. The number of carboxylic acid groups (broad SMARTS) is 1. The first-order valence-electron chi connectivity index (χ1n) is 11.5. The molecule has 33 heavy (non-hydrogen) atoms. The third-order valence-corrected chi connectivity index (χ3v) is 7.26. The average Bonchev–Trinajstić information content (AvgIpc) is 3.34. The molecule has 1 saturated heterocycles. The number of carboxylic acids is 1. The predicted octanol–water partition coefficient (Wildman–Crippen LogP) is 5.17. The standard InChI is InChI=1S/C25H31F2NO4S/c26-25(27)17-19(12-13-20(29)10-5-4-9-18-7-2-1-3-8-18)28(24(25)32)16-6-11-21-14-15-22(33-21)23(30)31/h1-3,7-8,14-15,19-20,29H,4-6,9-13,16-17H2,(H,30,31)/t19-,20-/m0/s1. The number of aromatic carboxylic acids is 1. The van der Waals surface area contributed by atoms with Crippen LogP contribution in [0.1, 0.15) is 65.1 Å². The molecule has 5 nitrogen and oxygen atoms in total. The van der Waals surface area contributed by atoms with Gasteiger partial charge >= 0.3 is 11.9 Å². The van der Waals surface area contributed by atoms with Gasteiger partial charge in [0.25, 0.3) is 5.91 Å². The zero-order valence-corrected chi connectivity index (χ0v) is 19.4. The quantitative estimate of drug-likeness (QED) is 0.389. The molecule has 0 radical (unpaired) electrons. The molecule has 1 fully saturated rings. The van der Waals surface area contributed by atoms with E-state index in [0.29, 0.717) is 32.1 Å². The van der Waals surface area contributed by atoms with Crippen molar-refractivity contribution in [3.8, 4) is 0 Å². The maximum atomic E-state index is 14.1. The SMILES string of the molecule is O=C(O)c1ccc(CCCN2C(=O)C(F)(F)C[C@@H]2CC[C@@H](O)CCCCc2ccccc2)s1. The second-order valence-corrected chi connectivity index (χ2v) is 9.87. The minimum Gasteiger partial charge on any atom is -0.477 e. The van der Waals surface area contributed by atoms with Gasteiger partial charge in [-0.3, -0.25) is 4.79 Å². The number of nitrogens with zero attached hydrogens (tertiary/aromatic N) is 1. The molecule has 180 valence electrons. The summed E-state index contributed by atoms with van der Waals surface area (Å²) in [6.45, 7) is 0.201. The Balaban J connectivity index is 1.41. The minimum atomic E-state index is -3.36. The monoisotopic (exact) mass is 479 g/mol. The third-order valence-electron chi connectivity index (χ3n) is 6.13. The van der Waals surface area contributed by atoms with Crippen LogP contribution in [-0.2, 0) is 17.6 Å². The van der Waals surface area contributed by atoms with Gasteiger partial charge < -0.3 is 15.1 Å². The van der Waals surface area contributed by atoms with Gasteiger partial charge in [0.05, 0.1) is 6.10 Å². The van der Waals surface area contributed by atoms with Crippen molar-refractivity contribution in [1.29, 1.82) is 0 Å². The Morgan fingerprint density at radius 3 is 2.55 bits per heavy atom. The Bertz CT molecular complexity index is 918. The van der Waals surface area contributed by atoms with Crippen LogP contribution in [-0.4, -0.2) is 51.6 Å². The predicted molar refractivity (Wildman–Crippen MR) is 124 cm³/mol. The lowest BCUT2D eigenvalue weighted by molar-refractivity contribution is -0.148. The number of alkyl halides is 2. The zero-order valence-electron chi connectivity index (χ0n) is 18.6. The largest absolute Gasteiger partial charge is 0.477 e. The summed E-state index contributed by atoms with van der Waals surface area (Å²) in [5, 5.41) is 19.3. The number of aryl methyl sites for hydroxylation is 2. The molecule has 1 aromatic heterocycles. The van der Waals surface area contributed by atoms with E-state index < -0.39 is 36.4 Å². The molecule has 0 unspecified atom stereocenters. The van der Waals surface area contributed by atoms with Gasteiger partial charge in [0.15, 0.2) is 0 Å². The molecule has 0 saturated carbocycles. The van der Waals surface area contributed by atoms with Crippen LogP contribution >= 0.6 is 11.3 Å². The molecule has 1 amide bonds. The number of aliphatic hydroxyl groups is 1. The van der Waals surface area contributed by atoms with Crippen molar-refractivity contribution < 1.29 is 28.6 Å². The Morgan fingerprint density at radius 1 is 1.09 bits per heavy atom. The van der Waals surface area contributed by atoms with Crippen LogP contribution in [0.15, 0.2) is 42.5 Å². The second kappa shape index (κ2) is 11.7. The molecule has 1 aliphatic heterocycles. The van der Waals surface area contributed by atoms with Crippen molar-refractivity contribution in [2.75, 3.05) is 6.54 Å². The van der Waals surface area contributed by atoms with Gasteiger partial charge in [-0.15, -0.1) is 11.3 Å². The van der Waals surface area contributed by atoms with Gasteiger partial charge in [-0.05, 0) is 62.6 Å². The average molecular weight is 480 g/mol. The molecule has 2 atom stereocenters. The first kappa shape index (κ1) is 25.3. The minimum absolute atomic E-state index is 0.201. The van der Waals surface area contributed by atoms with E-state index in [9.17, 15) is 23.5 Å². The first-order chi connectivity index (χ1) is 15.8. The molecule has 2 N–H and O–H groups in total. The maximum absolute atomic E-state index is 14.1. The van der Waals surface area contributed by atoms with Crippen LogP contribution in [0.2, 0.25) is 0 Å². The summed E-state index contributed by atoms with van der Waals surface area (Å²) >= 11 is 1.16. The van der Waals surface area contributed by atoms with Crippen LogP contribution < -0.4 is 0 Å². The van der Waals surface area contributed by atoms with E-state index in [0.717, 1.165) is 35.5 Å². The zero-order chi connectivity index (χ0) is 23.8. The molecule has 2 aromatic rings. The summed E-state index contributed by atoms with van der Waals surface area (Å²) in [6, 6.07) is 12.8. The number of aliphatic hydroxyl groups excluding tert-OH is 1. The molecule has 2 heterocycles. The smallest absolute Gasteiger partial charge is 0.345 e. The number of likely N-dealkylation sites (tertiary alicyclic amines) is 1. The van der Waals surface area contributed by atoms with Crippen LogP contribution in [0.4, 0.5) is 8.78 Å². The highest BCUT2D eigenvalue weighted by molar-refractivity contribution is 7.13. The summed E-state index contributed by atoms with van der Waals surface area (Å²) in [5.41, 5.74) is 1.26. The highest BCUT2D eigenvalue weighted by Gasteiger charge is 2.52. The van der Waals surface area contributed by atoms with Gasteiger partial charge in [-0.25, -0.2) is 4.79 Å². The van der Waals surface area contributed by atoms with E-state index in [1.165, 1.54) is 16.5 Å². The topological polar surface area (TPSA) is 77.8 Å². The molecule has 3 rings (SSSR count). The Labute approximate surface area is 197 Å². The molecule has 0 aliphatic carbocycles. The summed E-state index contributed by atoms with van der Waals surface area (Å²) in [7, 11) is 0. The number of benzene rings is 1. The number of hydrogen-bond donors (Lipinski definition) is 2. The number of carbonyl (C=O) groups excluding carboxylic acids is 1. The molecule has 0 bridgehead atoms. The van der Waals surface area contributed by atoms with E-state index in [2.05, 4.69) is 12.1 Å². The van der Waals surface area contributed by atoms with E-state index >= 15 is 0 Å². The lowest BCUT2D eigenvalue weighted by Gasteiger charge is -2.25. The summed E-state index contributed by atoms with van der Waals surface area (Å²) in [4.78, 5) is 25.5. The van der Waals surface area contributed by atoms with Crippen molar-refractivity contribution in [1.82, 2.24) is 4.90 Å². The third kappa shape index (κ3) is 7.33. The van der Waals surface area contributed by atoms with Crippen LogP contribution in [0, 0.1) is 0 Å². The second-order valence-electron chi connectivity index (χ2n) is 8.70. The van der Waals surface area contributed by atoms with Gasteiger partial charge in [0.2, 0.25) is 0 Å². The van der Waals surface area contributed by atoms with E-state index in [1.807, 2.05) is 18.2 Å². The number of hydrogen-bond acceptors (Lipinski definition) is 4. The van der Waals surface area contributed by atoms with Crippen molar-refractivity contribution >= 4 is 23.2 Å². The fraction of sp³-hybridized carbons (Fsp3) is 0.520. The van der Waals surface area contributed by atoms with Crippen molar-refractivity contribution in [3.63, 3.8) is 0 Å². The van der Waals surface area contributed by atoms with Crippen molar-refractivity contribution in [2.45, 2.75) is 75.9 Å². The van der Waals surface area contributed by atoms with E-state index in [-0.39, 0.29) is 11.4 Å². The van der Waals surface area contributed by atoms with E-state index in [1.54, 1.807) is 6.07 Å². The summed E-state index contributed by atoms with van der Waals surface area (Å²) < 4.78 is 28.2. The van der Waals surface area contributed by atoms with Crippen molar-refractivity contribution in [2.24, 2.45) is 0 Å². The number of thiophene rings is 1. The Hall–Kier alpha value is -2.32. The highest BCUT2D eigenvalue weighted by Crippen LogP contribution is 2.36. The summed E-state index contributed by atoms with van der Waals surface area (Å²) in [6.07, 6.45) is 4.08. The Kier molecular flexibility index (Phi) is 8.97. The van der Waals surface area contributed by atoms with Gasteiger partial charge in [-0.1, -0.05) is 36.8 Å². The van der Waals surface area contributed by atoms with Gasteiger partial charge in [0.1, 0.15) is 4.88 Å². The molecule has 1 aromatic carbocycles. The van der Waals surface area contributed by atoms with Crippen LogP contribution in [0.25, 0.3) is 0 Å². The van der Waals surface area contributed by atoms with Gasteiger partial charge in [-0.2, -0.15) is 8.78 Å². The fourth-order valence-electron chi connectivity index (χ4n) is 4.35. The number of rotatable bonds is 13. The van der Waals surface area contributed by atoms with E-state index in [4.69, 9.17) is 5.11 Å². The highest BCUT2D eigenvalue weighted by atomic mass is 32.1. The van der Waals surface area contributed by atoms with Gasteiger partial charge in [0, 0.05) is 23.9 Å². The van der Waals surface area contributed by atoms with Crippen LogP contribution in [0.3, 0.4) is 0 Å². The fourth-order valence-corrected chi connectivity index (χ4v) is 5.23. The normalized spacial score (nSPS) is 18.6. The molecule has 1 aliphatic rings. The molecular weight excluding hydrogens is 448 g/mol. The first-order valence-corrected chi connectivity index (χ1v) is 12.3. The number of amides is 1. The number of halogens is 2. The lowest BCUT2D eigenvalue weighted by Crippen LogP contribution is -2.37. The molecule has 8 heteroatoms. The maximum Gasteiger partial charge on any atom is 0.345 e. The molecule has 0 spiro atoms. The number of carbonyl (C=O) groups is 2. The van der Waals surface area contributed by atoms with Crippen LogP contribution in [0.5, 0.6) is 0 Å².